The normalized spacial score (nSPS) is 26.8. The summed E-state index contributed by atoms with van der Waals surface area (Å²) in [7, 11) is -2.76. The fraction of sp³-hybridized carbons (Fsp3) is 0.444. The van der Waals surface area contributed by atoms with E-state index in [-0.39, 0.29) is 19.8 Å². The maximum Gasteiger partial charge on any atom is 0.303 e. The van der Waals surface area contributed by atoms with Crippen LogP contribution in [0.5, 0.6) is 0 Å². The molecule has 0 radical (unpaired) electrons. The highest BCUT2D eigenvalue weighted by atomic mass is 31.2. The third-order valence-corrected chi connectivity index (χ3v) is 9.18. The minimum Gasteiger partial charge on any atom is -0.459 e. The highest BCUT2D eigenvalue weighted by Gasteiger charge is 2.62. The lowest BCUT2D eigenvalue weighted by Crippen LogP contribution is -2.64. The van der Waals surface area contributed by atoms with Crippen molar-refractivity contribution in [2.75, 3.05) is 13.7 Å². The number of ether oxygens (including phenoxy) is 4. The Hall–Kier alpha value is -3.04. The quantitative estimate of drug-likeness (QED) is 0.333. The highest BCUT2D eigenvalue weighted by Crippen LogP contribution is 2.62. The van der Waals surface area contributed by atoms with Crippen LogP contribution in [0, 0.1) is 0 Å². The van der Waals surface area contributed by atoms with Crippen LogP contribution in [0.15, 0.2) is 60.7 Å². The van der Waals surface area contributed by atoms with Crippen LogP contribution in [-0.2, 0) is 55.6 Å². The molecule has 10 nitrogen and oxygen atoms in total. The van der Waals surface area contributed by atoms with Gasteiger partial charge in [0.05, 0.1) is 19.8 Å². The van der Waals surface area contributed by atoms with Gasteiger partial charge in [0.25, 0.3) is 7.37 Å². The van der Waals surface area contributed by atoms with Crippen LogP contribution in [0.3, 0.4) is 0 Å². The topological polar surface area (TPSA) is 126 Å². The molecule has 206 valence electrons. The molecule has 0 aromatic heterocycles. The lowest BCUT2D eigenvalue weighted by molar-refractivity contribution is -0.169. The Balaban J connectivity index is 2.03. The predicted molar refractivity (Wildman–Crippen MR) is 138 cm³/mol. The SMILES string of the molecule is COP1(=O)C(OC(C)=O)[C@H](NC(C)=O)[C@@H](OCc2ccccc2)[C@H](OC(C)=O)[C@H]1COCc1ccccc1. The second kappa shape index (κ2) is 13.7. The molecule has 1 N–H and O–H groups in total. The van der Waals surface area contributed by atoms with E-state index < -0.39 is 55.0 Å². The van der Waals surface area contributed by atoms with Crippen LogP contribution in [-0.4, -0.2) is 61.3 Å². The molecule has 2 unspecified atom stereocenters. The first-order valence-corrected chi connectivity index (χ1v) is 14.0. The van der Waals surface area contributed by atoms with Gasteiger partial charge in [-0.3, -0.25) is 18.9 Å². The first-order chi connectivity index (χ1) is 18.2. The van der Waals surface area contributed by atoms with Crippen LogP contribution < -0.4 is 5.32 Å². The van der Waals surface area contributed by atoms with Crippen LogP contribution in [0.1, 0.15) is 31.9 Å². The third-order valence-electron chi connectivity index (χ3n) is 6.11. The number of hydrogen-bond donors (Lipinski definition) is 1. The average Bonchev–Trinajstić information content (AvgIpc) is 2.88. The van der Waals surface area contributed by atoms with E-state index >= 15 is 0 Å². The van der Waals surface area contributed by atoms with Crippen molar-refractivity contribution in [3.8, 4) is 0 Å². The molecule has 1 heterocycles. The summed E-state index contributed by atoms with van der Waals surface area (Å²) in [5.74, 6) is -3.26. The van der Waals surface area contributed by atoms with Crippen molar-refractivity contribution in [2.45, 2.75) is 63.7 Å². The van der Waals surface area contributed by atoms with Gasteiger partial charge in [0, 0.05) is 27.9 Å². The number of rotatable bonds is 11. The summed E-state index contributed by atoms with van der Waals surface area (Å²) in [5.41, 5.74) is 0.636. The van der Waals surface area contributed by atoms with Gasteiger partial charge in [-0.25, -0.2) is 0 Å². The van der Waals surface area contributed by atoms with Gasteiger partial charge in [-0.15, -0.1) is 0 Å². The molecule has 1 amide bonds. The van der Waals surface area contributed by atoms with Gasteiger partial charge in [-0.2, -0.15) is 0 Å². The number of hydrogen-bond acceptors (Lipinski definition) is 9. The summed E-state index contributed by atoms with van der Waals surface area (Å²) in [6, 6.07) is 17.5. The molecule has 0 spiro atoms. The number of benzene rings is 2. The van der Waals surface area contributed by atoms with Crippen LogP contribution >= 0.6 is 7.37 Å². The number of carbonyl (C=O) groups excluding carboxylic acids is 3. The molecule has 1 fully saturated rings. The van der Waals surface area contributed by atoms with E-state index in [1.807, 2.05) is 60.7 Å². The number of amides is 1. The van der Waals surface area contributed by atoms with Crippen LogP contribution in [0.2, 0.25) is 0 Å². The van der Waals surface area contributed by atoms with Crippen molar-refractivity contribution >= 4 is 25.2 Å². The standard InChI is InChI=1S/C27H34NO9P/c1-18(29)28-24-26(35-16-22-13-9-6-10-14-22)25(36-19(2)30)23(17-34-15-21-11-7-5-8-12-21)38(32,33-4)27(24)37-20(3)31/h5-14,23-27H,15-17H2,1-4H3,(H,28,29)/t23-,24-,25-,26-,27?,38?/m1/s1. The van der Waals surface area contributed by atoms with Gasteiger partial charge in [0.2, 0.25) is 11.8 Å². The molecule has 11 heteroatoms. The van der Waals surface area contributed by atoms with Gasteiger partial charge in [0.1, 0.15) is 23.9 Å². The third kappa shape index (κ3) is 7.51. The molecule has 0 aliphatic carbocycles. The van der Waals surface area contributed by atoms with Crippen molar-refractivity contribution in [2.24, 2.45) is 0 Å². The second-order valence-electron chi connectivity index (χ2n) is 8.96. The van der Waals surface area contributed by atoms with Gasteiger partial charge in [-0.05, 0) is 11.1 Å². The van der Waals surface area contributed by atoms with Crippen molar-refractivity contribution < 1.29 is 42.4 Å². The summed E-state index contributed by atoms with van der Waals surface area (Å²) in [6.45, 7) is 3.78. The van der Waals surface area contributed by atoms with E-state index in [0.717, 1.165) is 11.1 Å². The van der Waals surface area contributed by atoms with Crippen LogP contribution in [0.4, 0.5) is 0 Å². The van der Waals surface area contributed by atoms with Crippen molar-refractivity contribution in [1.29, 1.82) is 0 Å². The second-order valence-corrected chi connectivity index (χ2v) is 11.8. The van der Waals surface area contributed by atoms with Crippen molar-refractivity contribution in [3.05, 3.63) is 71.8 Å². The lowest BCUT2D eigenvalue weighted by Gasteiger charge is -2.48. The zero-order valence-corrected chi connectivity index (χ0v) is 22.8. The van der Waals surface area contributed by atoms with Crippen LogP contribution in [0.25, 0.3) is 0 Å². The van der Waals surface area contributed by atoms with Gasteiger partial charge in [0.15, 0.2) is 0 Å². The molecular weight excluding hydrogens is 513 g/mol. The fourth-order valence-corrected chi connectivity index (χ4v) is 7.32. The van der Waals surface area contributed by atoms with E-state index in [2.05, 4.69) is 5.32 Å². The maximum absolute atomic E-state index is 14.5. The molecule has 2 aromatic carbocycles. The van der Waals surface area contributed by atoms with Gasteiger partial charge in [-0.1, -0.05) is 60.7 Å². The predicted octanol–water partition coefficient (Wildman–Crippen LogP) is 3.42. The average molecular weight is 548 g/mol. The molecule has 1 saturated heterocycles. The maximum atomic E-state index is 14.5. The smallest absolute Gasteiger partial charge is 0.303 e. The minimum absolute atomic E-state index is 0.0843. The molecule has 6 atom stereocenters. The molecule has 3 rings (SSSR count). The summed E-state index contributed by atoms with van der Waals surface area (Å²) >= 11 is 0. The van der Waals surface area contributed by atoms with Crippen molar-refractivity contribution in [1.82, 2.24) is 5.32 Å². The molecule has 1 aliphatic heterocycles. The monoisotopic (exact) mass is 547 g/mol. The summed E-state index contributed by atoms with van der Waals surface area (Å²) in [5, 5.41) is 2.69. The highest BCUT2D eigenvalue weighted by molar-refractivity contribution is 7.60. The molecular formula is C27H34NO9P. The number of esters is 2. The Labute approximate surface area is 222 Å². The van der Waals surface area contributed by atoms with E-state index in [0.29, 0.717) is 0 Å². The van der Waals surface area contributed by atoms with E-state index in [4.69, 9.17) is 23.5 Å². The molecule has 2 aromatic rings. The number of carbonyl (C=O) groups is 3. The first-order valence-electron chi connectivity index (χ1n) is 12.2. The van der Waals surface area contributed by atoms with E-state index in [9.17, 15) is 18.9 Å². The van der Waals surface area contributed by atoms with Crippen molar-refractivity contribution in [3.63, 3.8) is 0 Å². The Morgan fingerprint density at radius 3 is 1.87 bits per heavy atom. The first kappa shape index (κ1) is 29.5. The zero-order chi connectivity index (χ0) is 27.7. The fourth-order valence-electron chi connectivity index (χ4n) is 4.52. The molecule has 0 saturated carbocycles. The van der Waals surface area contributed by atoms with E-state index in [1.54, 1.807) is 0 Å². The largest absolute Gasteiger partial charge is 0.459 e. The number of nitrogens with one attached hydrogen (secondary N) is 1. The summed E-state index contributed by atoms with van der Waals surface area (Å²) in [6.07, 6.45) is -2.20. The lowest BCUT2D eigenvalue weighted by atomic mass is 10.0. The Kier molecular flexibility index (Phi) is 10.6. The summed E-state index contributed by atoms with van der Waals surface area (Å²) in [4.78, 5) is 36.6. The van der Waals surface area contributed by atoms with E-state index in [1.165, 1.54) is 27.9 Å². The van der Waals surface area contributed by atoms with Gasteiger partial charge >= 0.3 is 11.9 Å². The Bertz CT molecular complexity index is 1130. The Morgan fingerprint density at radius 1 is 0.816 bits per heavy atom. The zero-order valence-electron chi connectivity index (χ0n) is 21.9. The minimum atomic E-state index is -3.99. The van der Waals surface area contributed by atoms with Gasteiger partial charge < -0.3 is 28.8 Å². The molecule has 38 heavy (non-hydrogen) atoms. The summed E-state index contributed by atoms with van der Waals surface area (Å²) < 4.78 is 43.4. The molecule has 1 aliphatic rings. The molecule has 0 bridgehead atoms. The Morgan fingerprint density at radius 2 is 1.37 bits per heavy atom.